The molecule has 0 fully saturated rings. The minimum absolute atomic E-state index is 0.130. The molecule has 0 saturated carbocycles. The maximum atomic E-state index is 5.16. The molecule has 59 heavy (non-hydrogen) atoms. The Bertz CT molecular complexity index is 3410. The number of aromatic nitrogens is 5. The van der Waals surface area contributed by atoms with Gasteiger partial charge in [0.25, 0.3) is 0 Å². The van der Waals surface area contributed by atoms with Crippen molar-refractivity contribution in [2.24, 2.45) is 0 Å². The second-order valence-corrected chi connectivity index (χ2v) is 16.1. The van der Waals surface area contributed by atoms with Crippen LogP contribution in [0.1, 0.15) is 25.0 Å². The van der Waals surface area contributed by atoms with Crippen molar-refractivity contribution >= 4 is 43.6 Å². The van der Waals surface area contributed by atoms with Gasteiger partial charge in [-0.2, -0.15) is 0 Å². The molecule has 5 heteroatoms. The van der Waals surface area contributed by atoms with E-state index in [4.69, 9.17) is 15.0 Å². The average Bonchev–Trinajstić information content (AvgIpc) is 3.89. The third kappa shape index (κ3) is 5.08. The van der Waals surface area contributed by atoms with Gasteiger partial charge in [-0.05, 0) is 89.0 Å². The van der Waals surface area contributed by atoms with Crippen molar-refractivity contribution in [3.8, 4) is 56.7 Å². The van der Waals surface area contributed by atoms with E-state index in [1.54, 1.807) is 0 Å². The van der Waals surface area contributed by atoms with Gasteiger partial charge in [-0.1, -0.05) is 135 Å². The summed E-state index contributed by atoms with van der Waals surface area (Å²) in [6.07, 6.45) is 0. The highest BCUT2D eigenvalue weighted by atomic mass is 15.0. The van der Waals surface area contributed by atoms with Crippen molar-refractivity contribution < 1.29 is 0 Å². The van der Waals surface area contributed by atoms with Crippen LogP contribution in [0.15, 0.2) is 188 Å². The summed E-state index contributed by atoms with van der Waals surface area (Å²) in [7, 11) is 0. The molecular formula is C54H37N5. The molecule has 0 bridgehead atoms. The Kier molecular flexibility index (Phi) is 7.20. The molecule has 0 amide bonds. The summed E-state index contributed by atoms with van der Waals surface area (Å²) in [5.74, 6) is 1.95. The zero-order valence-corrected chi connectivity index (χ0v) is 32.6. The zero-order chi connectivity index (χ0) is 39.2. The Morgan fingerprint density at radius 1 is 0.339 bits per heavy atom. The van der Waals surface area contributed by atoms with Crippen LogP contribution < -0.4 is 0 Å². The van der Waals surface area contributed by atoms with Crippen molar-refractivity contribution in [2.45, 2.75) is 19.3 Å². The third-order valence-electron chi connectivity index (χ3n) is 12.4. The van der Waals surface area contributed by atoms with Crippen molar-refractivity contribution in [3.63, 3.8) is 0 Å². The van der Waals surface area contributed by atoms with Gasteiger partial charge in [0.05, 0.1) is 22.1 Å². The van der Waals surface area contributed by atoms with Gasteiger partial charge in [0.15, 0.2) is 17.5 Å². The fraction of sp³-hybridized carbons (Fsp3) is 0.0556. The van der Waals surface area contributed by atoms with Crippen LogP contribution in [-0.2, 0) is 5.41 Å². The topological polar surface area (TPSA) is 48.5 Å². The average molecular weight is 756 g/mol. The van der Waals surface area contributed by atoms with Crippen LogP contribution in [0.2, 0.25) is 0 Å². The van der Waals surface area contributed by atoms with Crippen LogP contribution in [0.3, 0.4) is 0 Å². The molecule has 0 N–H and O–H groups in total. The first kappa shape index (κ1) is 33.5. The molecule has 11 aromatic rings. The number of fused-ring (bicyclic) bond motifs is 9. The fourth-order valence-electron chi connectivity index (χ4n) is 9.53. The first-order valence-corrected chi connectivity index (χ1v) is 20.2. The van der Waals surface area contributed by atoms with E-state index < -0.39 is 0 Å². The monoisotopic (exact) mass is 755 g/mol. The summed E-state index contributed by atoms with van der Waals surface area (Å²) in [4.78, 5) is 15.3. The maximum Gasteiger partial charge on any atom is 0.164 e. The predicted molar refractivity (Wildman–Crippen MR) is 242 cm³/mol. The summed E-state index contributed by atoms with van der Waals surface area (Å²) < 4.78 is 4.75. The van der Waals surface area contributed by atoms with E-state index in [0.29, 0.717) is 17.5 Å². The van der Waals surface area contributed by atoms with E-state index in [2.05, 4.69) is 193 Å². The Morgan fingerprint density at radius 2 is 0.797 bits per heavy atom. The molecule has 0 radical (unpaired) electrons. The lowest BCUT2D eigenvalue weighted by Crippen LogP contribution is -2.15. The van der Waals surface area contributed by atoms with Gasteiger partial charge < -0.3 is 9.13 Å². The molecule has 0 saturated heterocycles. The number of benzene rings is 8. The second-order valence-electron chi connectivity index (χ2n) is 16.1. The molecule has 12 rings (SSSR count). The summed E-state index contributed by atoms with van der Waals surface area (Å²) in [5, 5.41) is 4.94. The maximum absolute atomic E-state index is 5.16. The largest absolute Gasteiger partial charge is 0.309 e. The van der Waals surface area contributed by atoms with Gasteiger partial charge in [-0.15, -0.1) is 0 Å². The van der Waals surface area contributed by atoms with Crippen molar-refractivity contribution in [1.82, 2.24) is 24.1 Å². The summed E-state index contributed by atoms with van der Waals surface area (Å²) in [6, 6.07) is 67.2. The molecule has 0 unspecified atom stereocenters. The predicted octanol–water partition coefficient (Wildman–Crippen LogP) is 13.4. The quantitative estimate of drug-likeness (QED) is 0.176. The van der Waals surface area contributed by atoms with Crippen LogP contribution in [0.25, 0.3) is 100 Å². The number of rotatable bonds is 5. The summed E-state index contributed by atoms with van der Waals surface area (Å²) in [5.41, 5.74) is 14.9. The summed E-state index contributed by atoms with van der Waals surface area (Å²) in [6.45, 7) is 4.61. The van der Waals surface area contributed by atoms with Gasteiger partial charge in [0.1, 0.15) is 0 Å². The van der Waals surface area contributed by atoms with E-state index in [9.17, 15) is 0 Å². The molecule has 0 aliphatic heterocycles. The highest BCUT2D eigenvalue weighted by molar-refractivity contribution is 6.12. The normalized spacial score (nSPS) is 13.1. The molecular weight excluding hydrogens is 719 g/mol. The van der Waals surface area contributed by atoms with Crippen molar-refractivity contribution in [3.05, 3.63) is 199 Å². The van der Waals surface area contributed by atoms with Gasteiger partial charge in [-0.3, -0.25) is 0 Å². The molecule has 0 atom stereocenters. The van der Waals surface area contributed by atoms with Crippen molar-refractivity contribution in [2.75, 3.05) is 0 Å². The van der Waals surface area contributed by atoms with Crippen LogP contribution in [0.5, 0.6) is 0 Å². The van der Waals surface area contributed by atoms with Crippen molar-refractivity contribution in [1.29, 1.82) is 0 Å². The highest BCUT2D eigenvalue weighted by Crippen LogP contribution is 2.49. The highest BCUT2D eigenvalue weighted by Gasteiger charge is 2.35. The number of nitrogens with zero attached hydrogens (tertiary/aromatic N) is 5. The van der Waals surface area contributed by atoms with Gasteiger partial charge in [0.2, 0.25) is 0 Å². The van der Waals surface area contributed by atoms with Crippen LogP contribution in [0.4, 0.5) is 0 Å². The molecule has 3 heterocycles. The molecule has 1 aliphatic carbocycles. The van der Waals surface area contributed by atoms with Gasteiger partial charge in [0, 0.05) is 55.0 Å². The summed E-state index contributed by atoms with van der Waals surface area (Å²) >= 11 is 0. The second kappa shape index (κ2) is 12.7. The van der Waals surface area contributed by atoms with Crippen LogP contribution in [0, 0.1) is 0 Å². The minimum atomic E-state index is -0.130. The Morgan fingerprint density at radius 3 is 1.46 bits per heavy atom. The molecule has 5 nitrogen and oxygen atoms in total. The number of hydrogen-bond donors (Lipinski definition) is 0. The minimum Gasteiger partial charge on any atom is -0.309 e. The fourth-order valence-corrected chi connectivity index (χ4v) is 9.53. The lowest BCUT2D eigenvalue weighted by molar-refractivity contribution is 0.660. The SMILES string of the molecule is CC1(C)c2ccccc2-c2ccc(-c3nc(-c4ccccc4)nc(-c4ccc(-n5c6ccccc6c6cc(-n7c8ccccc8c8ccccc87)ccc65)cc4)n3)cc21. The molecule has 8 aromatic carbocycles. The first-order valence-electron chi connectivity index (χ1n) is 20.2. The van der Waals surface area contributed by atoms with E-state index in [0.717, 1.165) is 39.1 Å². The van der Waals surface area contributed by atoms with Gasteiger partial charge >= 0.3 is 0 Å². The van der Waals surface area contributed by atoms with E-state index in [1.165, 1.54) is 54.8 Å². The molecule has 3 aromatic heterocycles. The van der Waals surface area contributed by atoms with Crippen LogP contribution in [-0.4, -0.2) is 24.1 Å². The lowest BCUT2D eigenvalue weighted by Gasteiger charge is -2.21. The lowest BCUT2D eigenvalue weighted by atomic mass is 9.82. The standard InChI is InChI=1S/C54H37N5/c1-54(2)45-20-10-6-16-39(45)40-30-26-36(32-46(40)54)53-56-51(34-14-4-3-5-15-34)55-52(57-53)35-24-27-37(28-25-35)58-49-23-13-9-19-43(49)44-33-38(29-31-50(44)58)59-47-21-11-7-17-41(47)42-18-8-12-22-48(42)59/h3-33H,1-2H3. The van der Waals surface area contributed by atoms with E-state index in [1.807, 2.05) is 18.2 Å². The Labute approximate surface area is 341 Å². The molecule has 278 valence electrons. The Hall–Kier alpha value is -7.63. The Balaban J connectivity index is 0.972. The third-order valence-corrected chi connectivity index (χ3v) is 12.4. The number of hydrogen-bond acceptors (Lipinski definition) is 3. The number of para-hydroxylation sites is 3. The van der Waals surface area contributed by atoms with E-state index in [-0.39, 0.29) is 5.41 Å². The smallest absolute Gasteiger partial charge is 0.164 e. The van der Waals surface area contributed by atoms with Crippen LogP contribution >= 0.6 is 0 Å². The van der Waals surface area contributed by atoms with E-state index >= 15 is 0 Å². The van der Waals surface area contributed by atoms with Gasteiger partial charge in [-0.25, -0.2) is 15.0 Å². The first-order chi connectivity index (χ1) is 29.0. The molecule has 0 spiro atoms. The molecule has 1 aliphatic rings. The zero-order valence-electron chi connectivity index (χ0n) is 32.6.